The van der Waals surface area contributed by atoms with Crippen LogP contribution in [0.5, 0.6) is 0 Å². The molecule has 9 heteroatoms. The van der Waals surface area contributed by atoms with Crippen LogP contribution in [0.3, 0.4) is 0 Å². The molecule has 0 heterocycles. The van der Waals surface area contributed by atoms with Gasteiger partial charge in [-0.15, -0.1) is 0 Å². The molecule has 4 fully saturated rings. The van der Waals surface area contributed by atoms with E-state index in [1.165, 1.54) is 96.3 Å². The van der Waals surface area contributed by atoms with Gasteiger partial charge in [-0.3, -0.25) is 14.4 Å². The summed E-state index contributed by atoms with van der Waals surface area (Å²) < 4.78 is 11.7. The molecule has 65 heavy (non-hydrogen) atoms. The molecule has 9 nitrogen and oxygen atoms in total. The van der Waals surface area contributed by atoms with E-state index in [-0.39, 0.29) is 53.4 Å². The van der Waals surface area contributed by atoms with Crippen LogP contribution >= 0.6 is 0 Å². The second-order valence-corrected chi connectivity index (χ2v) is 22.4. The average molecular weight is 915 g/mol. The summed E-state index contributed by atoms with van der Waals surface area (Å²) in [5, 5.41) is 25.1. The number of nitrogens with zero attached hydrogens (tertiary/aromatic N) is 1. The lowest BCUT2D eigenvalue weighted by Crippen LogP contribution is -2.62. The first-order chi connectivity index (χ1) is 31.4. The van der Waals surface area contributed by atoms with Crippen LogP contribution in [0, 0.1) is 52.3 Å². The van der Waals surface area contributed by atoms with Gasteiger partial charge in [-0.25, -0.2) is 0 Å². The van der Waals surface area contributed by atoms with Crippen LogP contribution in [0.15, 0.2) is 0 Å². The summed E-state index contributed by atoms with van der Waals surface area (Å²) in [6.45, 7) is 17.7. The van der Waals surface area contributed by atoms with Gasteiger partial charge in [-0.05, 0) is 142 Å². The summed E-state index contributed by atoms with van der Waals surface area (Å²) >= 11 is 0. The van der Waals surface area contributed by atoms with Crippen LogP contribution < -0.4 is 5.32 Å². The van der Waals surface area contributed by atoms with Crippen LogP contribution in [0.2, 0.25) is 0 Å². The van der Waals surface area contributed by atoms with E-state index in [2.05, 4.69) is 51.8 Å². The molecule has 0 saturated heterocycles. The van der Waals surface area contributed by atoms with Crippen molar-refractivity contribution in [3.63, 3.8) is 0 Å². The molecule has 378 valence electrons. The zero-order chi connectivity index (χ0) is 47.1. The van der Waals surface area contributed by atoms with Crippen molar-refractivity contribution in [2.24, 2.45) is 52.3 Å². The molecule has 4 rings (SSSR count). The smallest absolute Gasteiger partial charge is 0.306 e. The molecule has 11 atom stereocenters. The van der Waals surface area contributed by atoms with Crippen molar-refractivity contribution in [3.05, 3.63) is 0 Å². The Morgan fingerprint density at radius 3 is 1.95 bits per heavy atom. The number of fused-ring (bicyclic) bond motifs is 5. The zero-order valence-corrected chi connectivity index (χ0v) is 43.0. The Kier molecular flexibility index (Phi) is 25.8. The van der Waals surface area contributed by atoms with Gasteiger partial charge in [-0.1, -0.05) is 131 Å². The maximum Gasteiger partial charge on any atom is 0.306 e. The Balaban J connectivity index is 1.18. The molecule has 0 bridgehead atoms. The van der Waals surface area contributed by atoms with Crippen LogP contribution in [-0.2, 0) is 23.9 Å². The highest BCUT2D eigenvalue weighted by Gasteiger charge is 2.65. The first kappa shape index (κ1) is 55.9. The molecule has 4 aliphatic carbocycles. The summed E-state index contributed by atoms with van der Waals surface area (Å²) in [5.74, 6) is 2.96. The maximum atomic E-state index is 13.3. The summed E-state index contributed by atoms with van der Waals surface area (Å²) in [5.41, 5.74) is 0.344. The van der Waals surface area contributed by atoms with Gasteiger partial charge in [0.25, 0.3) is 0 Å². The number of hydrogen-bond donors (Lipinski definition) is 3. The topological polar surface area (TPSA) is 125 Å². The fourth-order valence-electron chi connectivity index (χ4n) is 14.3. The largest absolute Gasteiger partial charge is 0.466 e. The van der Waals surface area contributed by atoms with E-state index in [4.69, 9.17) is 9.47 Å². The highest BCUT2D eigenvalue weighted by molar-refractivity contribution is 5.75. The van der Waals surface area contributed by atoms with Gasteiger partial charge in [0.05, 0.1) is 12.7 Å². The van der Waals surface area contributed by atoms with E-state index < -0.39 is 0 Å². The minimum absolute atomic E-state index is 0.0943. The van der Waals surface area contributed by atoms with Crippen LogP contribution in [0.25, 0.3) is 0 Å². The number of carbonyl (C=O) groups excluding carboxylic acids is 3. The third-order valence-electron chi connectivity index (χ3n) is 18.0. The van der Waals surface area contributed by atoms with Crippen molar-refractivity contribution >= 4 is 17.8 Å². The molecule has 0 aliphatic heterocycles. The zero-order valence-electron chi connectivity index (χ0n) is 43.0. The summed E-state index contributed by atoms with van der Waals surface area (Å²) in [6.07, 6.45) is 31.6. The number of amides is 1. The Bertz CT molecular complexity index is 1350. The molecule has 4 saturated carbocycles. The summed E-state index contributed by atoms with van der Waals surface area (Å²) in [7, 11) is 0. The Morgan fingerprint density at radius 1 is 0.677 bits per heavy atom. The van der Waals surface area contributed by atoms with Gasteiger partial charge in [0, 0.05) is 45.5 Å². The first-order valence-electron chi connectivity index (χ1n) is 28.1. The van der Waals surface area contributed by atoms with Crippen molar-refractivity contribution in [1.82, 2.24) is 10.2 Å². The Morgan fingerprint density at radius 2 is 1.28 bits per heavy atom. The predicted octanol–water partition coefficient (Wildman–Crippen LogP) is 12.4. The van der Waals surface area contributed by atoms with Crippen LogP contribution in [0.4, 0.5) is 0 Å². The normalized spacial score (nSPS) is 30.0. The number of esters is 2. The van der Waals surface area contributed by atoms with Crippen molar-refractivity contribution in [2.45, 2.75) is 246 Å². The SMILES string of the molecule is CCCCCCCCCCCCCCNC(=O)CC[C@@H](C)[C@H]1CC[C@H]2[C@@H]3[C@H](O)[C@H](CC)[C@@H]4C[C@H](OC(=O)CCCN(CCCO)CCCOC(=O)CCCCC)CC[C@]4(C)[C@H]3CC[C@]12C. The van der Waals surface area contributed by atoms with Crippen molar-refractivity contribution in [2.75, 3.05) is 39.4 Å². The number of aliphatic hydroxyl groups is 2. The second-order valence-electron chi connectivity index (χ2n) is 22.4. The van der Waals surface area contributed by atoms with Gasteiger partial charge in [0.2, 0.25) is 5.91 Å². The number of unbranched alkanes of at least 4 members (excludes halogenated alkanes) is 13. The molecular weight excluding hydrogens is 813 g/mol. The predicted molar refractivity (Wildman–Crippen MR) is 265 cm³/mol. The molecule has 0 aromatic heterocycles. The molecule has 0 aromatic rings. The molecule has 0 unspecified atom stereocenters. The van der Waals surface area contributed by atoms with Gasteiger partial charge in [-0.2, -0.15) is 0 Å². The van der Waals surface area contributed by atoms with E-state index in [0.717, 1.165) is 90.4 Å². The molecule has 4 aliphatic rings. The number of hydrogen-bond acceptors (Lipinski definition) is 8. The Hall–Kier alpha value is -1.71. The van der Waals surface area contributed by atoms with Crippen LogP contribution in [0.1, 0.15) is 234 Å². The van der Waals surface area contributed by atoms with E-state index in [0.29, 0.717) is 74.2 Å². The van der Waals surface area contributed by atoms with Crippen molar-refractivity contribution in [3.8, 4) is 0 Å². The fourth-order valence-corrected chi connectivity index (χ4v) is 14.3. The number of carbonyl (C=O) groups is 3. The van der Waals surface area contributed by atoms with Crippen molar-refractivity contribution < 1.29 is 34.1 Å². The maximum absolute atomic E-state index is 13.3. The number of nitrogens with one attached hydrogen (secondary N) is 1. The van der Waals surface area contributed by atoms with Gasteiger partial charge in [0.1, 0.15) is 6.10 Å². The van der Waals surface area contributed by atoms with E-state index in [1.807, 2.05) is 0 Å². The fraction of sp³-hybridized carbons (Fsp3) is 0.946. The molecule has 1 amide bonds. The minimum atomic E-state index is -0.322. The molecule has 3 N–H and O–H groups in total. The quantitative estimate of drug-likeness (QED) is 0.0430. The van der Waals surface area contributed by atoms with Crippen molar-refractivity contribution in [1.29, 1.82) is 0 Å². The third-order valence-corrected chi connectivity index (χ3v) is 18.0. The number of rotatable bonds is 34. The summed E-state index contributed by atoms with van der Waals surface area (Å²) in [6, 6.07) is 0. The minimum Gasteiger partial charge on any atom is -0.466 e. The highest BCUT2D eigenvalue weighted by Crippen LogP contribution is 2.69. The van der Waals surface area contributed by atoms with Gasteiger partial charge >= 0.3 is 11.9 Å². The third kappa shape index (κ3) is 17.0. The van der Waals surface area contributed by atoms with Gasteiger partial charge in [0.15, 0.2) is 0 Å². The molecular formula is C56H102N2O7. The van der Waals surface area contributed by atoms with E-state index >= 15 is 0 Å². The monoisotopic (exact) mass is 915 g/mol. The average Bonchev–Trinajstić information content (AvgIpc) is 3.65. The summed E-state index contributed by atoms with van der Waals surface area (Å²) in [4.78, 5) is 40.5. The lowest BCUT2D eigenvalue weighted by molar-refractivity contribution is -0.207. The van der Waals surface area contributed by atoms with E-state index in [9.17, 15) is 24.6 Å². The lowest BCUT2D eigenvalue weighted by Gasteiger charge is -2.65. The van der Waals surface area contributed by atoms with Crippen LogP contribution in [-0.4, -0.2) is 84.6 Å². The molecule has 0 aromatic carbocycles. The first-order valence-corrected chi connectivity index (χ1v) is 28.1. The number of aliphatic hydroxyl groups excluding tert-OH is 2. The molecule has 0 spiro atoms. The lowest BCUT2D eigenvalue weighted by atomic mass is 9.41. The standard InChI is InChI=1S/C56H102N2O7/c1-7-10-12-13-14-15-16-17-18-19-20-22-36-57-50(60)31-28-43(4)46-29-30-47-53-48(33-35-55(46,47)5)56(6)34-32-44(42-49(56)45(9-3)54(53)63)65-52(62)27-23-37-58(38-24-40-59)39-25-41-64-51(61)26-21-11-8-2/h43-49,53-54,59,63H,7-42H2,1-6H3,(H,57,60)/t43-,44-,45-,46-,47+,48+,49+,53+,54-,55-,56-/m1/s1. The second kappa shape index (κ2) is 30.0. The number of ether oxygens (including phenoxy) is 2. The van der Waals surface area contributed by atoms with E-state index in [1.54, 1.807) is 0 Å². The highest BCUT2D eigenvalue weighted by atomic mass is 16.5. The Labute approximate surface area is 398 Å². The van der Waals surface area contributed by atoms with Gasteiger partial charge < -0.3 is 29.9 Å². The molecule has 0 radical (unpaired) electrons.